The van der Waals surface area contributed by atoms with Gasteiger partial charge in [-0.2, -0.15) is 0 Å². The number of hydrogen-bond acceptors (Lipinski definition) is 6. The number of carbonyl (C=O) groups is 2. The van der Waals surface area contributed by atoms with Crippen molar-refractivity contribution in [2.75, 3.05) is 51.8 Å². The van der Waals surface area contributed by atoms with Crippen molar-refractivity contribution in [1.29, 1.82) is 0 Å². The van der Waals surface area contributed by atoms with E-state index in [-0.39, 0.29) is 6.54 Å². The van der Waals surface area contributed by atoms with E-state index in [1.54, 1.807) is 11.1 Å². The number of carbonyl (C=O) groups excluding carboxylic acids is 2. The van der Waals surface area contributed by atoms with Gasteiger partial charge in [0.15, 0.2) is 6.29 Å². The van der Waals surface area contributed by atoms with E-state index in [0.29, 0.717) is 26.2 Å². The summed E-state index contributed by atoms with van der Waals surface area (Å²) >= 11 is 0. The summed E-state index contributed by atoms with van der Waals surface area (Å²) in [5.74, 6) is -0.293. The highest BCUT2D eigenvalue weighted by atomic mass is 16.7. The lowest BCUT2D eigenvalue weighted by Crippen LogP contribution is -2.53. The predicted molar refractivity (Wildman–Crippen MR) is 83.8 cm³/mol. The second-order valence-corrected chi connectivity index (χ2v) is 5.08. The summed E-state index contributed by atoms with van der Waals surface area (Å²) in [7, 11) is 2.94. The number of ether oxygens (including phenoxy) is 2. The summed E-state index contributed by atoms with van der Waals surface area (Å²) in [5, 5.41) is 2.52. The van der Waals surface area contributed by atoms with Gasteiger partial charge in [-0.15, -0.1) is 0 Å². The fourth-order valence-corrected chi connectivity index (χ4v) is 2.34. The quantitative estimate of drug-likeness (QED) is 0.579. The molecule has 2 amide bonds. The van der Waals surface area contributed by atoms with Crippen molar-refractivity contribution >= 4 is 17.6 Å². The SMILES string of the molecule is COC(CNC(=O)C(=O)N1CCN(c2ccccn2)CC1)OC. The number of nitrogens with zero attached hydrogens (tertiary/aromatic N) is 3. The zero-order chi connectivity index (χ0) is 16.7. The molecular weight excluding hydrogens is 300 g/mol. The fraction of sp³-hybridized carbons (Fsp3) is 0.533. The van der Waals surface area contributed by atoms with Gasteiger partial charge in [-0.05, 0) is 12.1 Å². The minimum atomic E-state index is -0.643. The molecule has 0 radical (unpaired) electrons. The zero-order valence-corrected chi connectivity index (χ0v) is 13.4. The van der Waals surface area contributed by atoms with Crippen LogP contribution in [0.2, 0.25) is 0 Å². The van der Waals surface area contributed by atoms with Crippen molar-refractivity contribution in [3.8, 4) is 0 Å². The monoisotopic (exact) mass is 322 g/mol. The van der Waals surface area contributed by atoms with Gasteiger partial charge >= 0.3 is 11.8 Å². The number of hydrogen-bond donors (Lipinski definition) is 1. The van der Waals surface area contributed by atoms with Gasteiger partial charge in [0.25, 0.3) is 0 Å². The minimum Gasteiger partial charge on any atom is -0.354 e. The van der Waals surface area contributed by atoms with E-state index in [1.165, 1.54) is 14.2 Å². The van der Waals surface area contributed by atoms with E-state index < -0.39 is 18.1 Å². The molecular formula is C15H22N4O4. The largest absolute Gasteiger partial charge is 0.354 e. The Morgan fingerprint density at radius 2 is 1.91 bits per heavy atom. The molecule has 8 heteroatoms. The average Bonchev–Trinajstić information content (AvgIpc) is 2.62. The first-order valence-corrected chi connectivity index (χ1v) is 7.44. The van der Waals surface area contributed by atoms with Gasteiger partial charge in [-0.3, -0.25) is 9.59 Å². The van der Waals surface area contributed by atoms with Crippen molar-refractivity contribution in [3.63, 3.8) is 0 Å². The molecule has 0 unspecified atom stereocenters. The Balaban J connectivity index is 1.80. The van der Waals surface area contributed by atoms with E-state index in [2.05, 4.69) is 15.2 Å². The highest BCUT2D eigenvalue weighted by Gasteiger charge is 2.26. The molecule has 1 aromatic heterocycles. The summed E-state index contributed by atoms with van der Waals surface area (Å²) < 4.78 is 9.93. The molecule has 1 N–H and O–H groups in total. The van der Waals surface area contributed by atoms with Crippen LogP contribution >= 0.6 is 0 Å². The van der Waals surface area contributed by atoms with Crippen LogP contribution < -0.4 is 10.2 Å². The molecule has 2 rings (SSSR count). The topological polar surface area (TPSA) is 84.0 Å². The zero-order valence-electron chi connectivity index (χ0n) is 13.4. The van der Waals surface area contributed by atoms with Gasteiger partial charge in [-0.1, -0.05) is 6.07 Å². The number of methoxy groups -OCH3 is 2. The van der Waals surface area contributed by atoms with Crippen LogP contribution in [0.25, 0.3) is 0 Å². The third-order valence-electron chi connectivity index (χ3n) is 3.69. The van der Waals surface area contributed by atoms with Crippen molar-refractivity contribution in [2.45, 2.75) is 6.29 Å². The molecule has 8 nitrogen and oxygen atoms in total. The van der Waals surface area contributed by atoms with Crippen LogP contribution in [0.1, 0.15) is 0 Å². The molecule has 0 bridgehead atoms. The summed E-state index contributed by atoms with van der Waals surface area (Å²) in [4.78, 5) is 31.9. The van der Waals surface area contributed by atoms with Crippen molar-refractivity contribution in [3.05, 3.63) is 24.4 Å². The lowest BCUT2D eigenvalue weighted by atomic mass is 10.3. The summed E-state index contributed by atoms with van der Waals surface area (Å²) in [6.45, 7) is 2.40. The number of anilines is 1. The second kappa shape index (κ2) is 8.44. The van der Waals surface area contributed by atoms with E-state index in [4.69, 9.17) is 9.47 Å². The maximum atomic E-state index is 12.1. The fourth-order valence-electron chi connectivity index (χ4n) is 2.34. The van der Waals surface area contributed by atoms with Crippen LogP contribution in [-0.2, 0) is 19.1 Å². The van der Waals surface area contributed by atoms with Crippen LogP contribution in [0.4, 0.5) is 5.82 Å². The molecule has 0 aromatic carbocycles. The standard InChI is InChI=1S/C15H22N4O4/c1-22-13(23-2)11-17-14(20)15(21)19-9-7-18(8-10-19)12-5-3-4-6-16-12/h3-6,13H,7-11H2,1-2H3,(H,17,20). The van der Waals surface area contributed by atoms with Crippen LogP contribution in [0, 0.1) is 0 Å². The lowest BCUT2D eigenvalue weighted by Gasteiger charge is -2.35. The van der Waals surface area contributed by atoms with Crippen molar-refractivity contribution in [2.24, 2.45) is 0 Å². The van der Waals surface area contributed by atoms with Gasteiger partial charge in [-0.25, -0.2) is 4.98 Å². The first kappa shape index (κ1) is 17.2. The maximum Gasteiger partial charge on any atom is 0.312 e. The molecule has 0 aliphatic carbocycles. The van der Waals surface area contributed by atoms with Gasteiger partial charge < -0.3 is 24.6 Å². The smallest absolute Gasteiger partial charge is 0.312 e. The number of nitrogens with one attached hydrogen (secondary N) is 1. The molecule has 1 aliphatic rings. The Morgan fingerprint density at radius 3 is 2.48 bits per heavy atom. The number of piperazine rings is 1. The highest BCUT2D eigenvalue weighted by molar-refractivity contribution is 6.35. The van der Waals surface area contributed by atoms with Crippen molar-refractivity contribution < 1.29 is 19.1 Å². The number of amides is 2. The first-order chi connectivity index (χ1) is 11.2. The number of pyridine rings is 1. The van der Waals surface area contributed by atoms with Gasteiger partial charge in [0, 0.05) is 46.6 Å². The highest BCUT2D eigenvalue weighted by Crippen LogP contribution is 2.12. The van der Waals surface area contributed by atoms with Gasteiger partial charge in [0.1, 0.15) is 5.82 Å². The van der Waals surface area contributed by atoms with Crippen LogP contribution in [-0.4, -0.2) is 74.9 Å². The molecule has 1 aromatic rings. The number of aromatic nitrogens is 1. The normalized spacial score (nSPS) is 14.9. The Kier molecular flexibility index (Phi) is 6.30. The molecule has 126 valence electrons. The Bertz CT molecular complexity index is 513. The molecule has 0 spiro atoms. The molecule has 1 aliphatic heterocycles. The molecule has 2 heterocycles. The average molecular weight is 322 g/mol. The number of rotatable bonds is 5. The van der Waals surface area contributed by atoms with Crippen molar-refractivity contribution in [1.82, 2.24) is 15.2 Å². The minimum absolute atomic E-state index is 0.130. The molecule has 1 saturated heterocycles. The molecule has 1 fully saturated rings. The van der Waals surface area contributed by atoms with Crippen LogP contribution in [0.15, 0.2) is 24.4 Å². The van der Waals surface area contributed by atoms with Gasteiger partial charge in [0.2, 0.25) is 0 Å². The summed E-state index contributed by atoms with van der Waals surface area (Å²) in [5.41, 5.74) is 0. The van der Waals surface area contributed by atoms with E-state index in [1.807, 2.05) is 18.2 Å². The third-order valence-corrected chi connectivity index (χ3v) is 3.69. The van der Waals surface area contributed by atoms with E-state index in [0.717, 1.165) is 5.82 Å². The first-order valence-electron chi connectivity index (χ1n) is 7.44. The predicted octanol–water partition coefficient (Wildman–Crippen LogP) is -0.535. The maximum absolute atomic E-state index is 12.1. The summed E-state index contributed by atoms with van der Waals surface area (Å²) in [6, 6.07) is 5.72. The lowest BCUT2D eigenvalue weighted by molar-refractivity contribution is -0.148. The second-order valence-electron chi connectivity index (χ2n) is 5.08. The van der Waals surface area contributed by atoms with Crippen LogP contribution in [0.5, 0.6) is 0 Å². The Morgan fingerprint density at radius 1 is 1.22 bits per heavy atom. The summed E-state index contributed by atoms with van der Waals surface area (Å²) in [6.07, 6.45) is 1.18. The third kappa shape index (κ3) is 4.64. The van der Waals surface area contributed by atoms with E-state index >= 15 is 0 Å². The van der Waals surface area contributed by atoms with Gasteiger partial charge in [0.05, 0.1) is 6.54 Å². The molecule has 0 atom stereocenters. The molecule has 23 heavy (non-hydrogen) atoms. The van der Waals surface area contributed by atoms with Crippen LogP contribution in [0.3, 0.4) is 0 Å². The Labute approximate surface area is 135 Å². The Hall–Kier alpha value is -2.19. The molecule has 0 saturated carbocycles. The van der Waals surface area contributed by atoms with E-state index in [9.17, 15) is 9.59 Å².